The summed E-state index contributed by atoms with van der Waals surface area (Å²) in [5, 5.41) is 4.10. The van der Waals surface area contributed by atoms with E-state index in [1.165, 1.54) is 0 Å². The molecule has 0 bridgehead atoms. The molecule has 0 spiro atoms. The lowest BCUT2D eigenvalue weighted by atomic mass is 10.1. The third-order valence-corrected chi connectivity index (χ3v) is 3.01. The number of carbonyl (C=O) groups excluding carboxylic acids is 1. The first kappa shape index (κ1) is 14.2. The second-order valence-corrected chi connectivity index (χ2v) is 4.23. The van der Waals surface area contributed by atoms with Gasteiger partial charge in [0, 0.05) is 11.3 Å². The van der Waals surface area contributed by atoms with Gasteiger partial charge in [-0.25, -0.2) is 5.43 Å². The minimum Gasteiger partial charge on any atom is -0.497 e. The van der Waals surface area contributed by atoms with Crippen molar-refractivity contribution in [1.82, 2.24) is 5.43 Å². The smallest absolute Gasteiger partial charge is 0.271 e. The highest BCUT2D eigenvalue weighted by Crippen LogP contribution is 2.11. The van der Waals surface area contributed by atoms with Crippen molar-refractivity contribution in [3.63, 3.8) is 0 Å². The van der Waals surface area contributed by atoms with Gasteiger partial charge < -0.3 is 4.74 Å². The van der Waals surface area contributed by atoms with Gasteiger partial charge >= 0.3 is 0 Å². The fourth-order valence-electron chi connectivity index (χ4n) is 1.35. The van der Waals surface area contributed by atoms with Gasteiger partial charge in [-0.1, -0.05) is 13.8 Å². The standard InChI is InChI=1S/C14H20N2O2/c1-5-10(2)11(3)15-16-14(17)12-6-8-13(18-4)9-7-12/h6-10H,5H2,1-4H3,(H,16,17)/b15-11-/t10-/m1/s1. The Hall–Kier alpha value is -1.84. The van der Waals surface area contributed by atoms with Crippen LogP contribution in [0.2, 0.25) is 0 Å². The molecule has 1 amide bonds. The average molecular weight is 248 g/mol. The van der Waals surface area contributed by atoms with Crippen LogP contribution in [0.25, 0.3) is 0 Å². The fourth-order valence-corrected chi connectivity index (χ4v) is 1.35. The lowest BCUT2D eigenvalue weighted by Gasteiger charge is -2.08. The number of hydrazone groups is 1. The Kier molecular flexibility index (Phi) is 5.36. The molecule has 0 aliphatic carbocycles. The summed E-state index contributed by atoms with van der Waals surface area (Å²) < 4.78 is 5.03. The Labute approximate surface area is 108 Å². The first-order valence-corrected chi connectivity index (χ1v) is 6.07. The van der Waals surface area contributed by atoms with Crippen LogP contribution in [-0.2, 0) is 0 Å². The van der Waals surface area contributed by atoms with Gasteiger partial charge in [-0.3, -0.25) is 4.79 Å². The monoisotopic (exact) mass is 248 g/mol. The van der Waals surface area contributed by atoms with Crippen molar-refractivity contribution < 1.29 is 9.53 Å². The molecule has 1 atom stereocenters. The lowest BCUT2D eigenvalue weighted by molar-refractivity contribution is 0.0954. The van der Waals surface area contributed by atoms with Gasteiger partial charge in [0.05, 0.1) is 7.11 Å². The number of ether oxygens (including phenoxy) is 1. The van der Waals surface area contributed by atoms with E-state index in [0.29, 0.717) is 11.5 Å². The third kappa shape index (κ3) is 3.87. The molecule has 0 aromatic heterocycles. The van der Waals surface area contributed by atoms with Crippen LogP contribution in [0.1, 0.15) is 37.6 Å². The van der Waals surface area contributed by atoms with E-state index >= 15 is 0 Å². The highest BCUT2D eigenvalue weighted by Gasteiger charge is 2.06. The van der Waals surface area contributed by atoms with Gasteiger partial charge in [0.2, 0.25) is 0 Å². The molecule has 0 saturated carbocycles. The van der Waals surface area contributed by atoms with Crippen molar-refractivity contribution in [2.75, 3.05) is 7.11 Å². The molecule has 4 heteroatoms. The summed E-state index contributed by atoms with van der Waals surface area (Å²) in [6.07, 6.45) is 1.01. The zero-order chi connectivity index (χ0) is 13.5. The first-order chi connectivity index (χ1) is 8.58. The van der Waals surface area contributed by atoms with E-state index < -0.39 is 0 Å². The fraction of sp³-hybridized carbons (Fsp3) is 0.429. The first-order valence-electron chi connectivity index (χ1n) is 6.07. The van der Waals surface area contributed by atoms with Crippen LogP contribution in [0.3, 0.4) is 0 Å². The number of nitrogens with one attached hydrogen (secondary N) is 1. The van der Waals surface area contributed by atoms with Crippen molar-refractivity contribution in [3.05, 3.63) is 29.8 Å². The molecule has 0 aliphatic rings. The predicted molar refractivity (Wildman–Crippen MR) is 73.0 cm³/mol. The Morgan fingerprint density at radius 3 is 2.50 bits per heavy atom. The Balaban J connectivity index is 2.65. The molecular weight excluding hydrogens is 228 g/mol. The van der Waals surface area contributed by atoms with E-state index in [0.717, 1.165) is 17.9 Å². The van der Waals surface area contributed by atoms with E-state index in [2.05, 4.69) is 24.4 Å². The molecule has 0 radical (unpaired) electrons. The molecule has 0 heterocycles. The second-order valence-electron chi connectivity index (χ2n) is 4.23. The van der Waals surface area contributed by atoms with Gasteiger partial charge in [-0.2, -0.15) is 5.10 Å². The van der Waals surface area contributed by atoms with E-state index in [1.807, 2.05) is 6.92 Å². The maximum atomic E-state index is 11.8. The van der Waals surface area contributed by atoms with Crippen molar-refractivity contribution in [2.24, 2.45) is 11.0 Å². The van der Waals surface area contributed by atoms with Crippen LogP contribution in [0.15, 0.2) is 29.4 Å². The largest absolute Gasteiger partial charge is 0.497 e. The topological polar surface area (TPSA) is 50.7 Å². The number of methoxy groups -OCH3 is 1. The van der Waals surface area contributed by atoms with Crippen LogP contribution < -0.4 is 10.2 Å². The van der Waals surface area contributed by atoms with Gasteiger partial charge in [0.15, 0.2) is 0 Å². The van der Waals surface area contributed by atoms with Gasteiger partial charge in [-0.15, -0.1) is 0 Å². The van der Waals surface area contributed by atoms with E-state index in [1.54, 1.807) is 31.4 Å². The molecular formula is C14H20N2O2. The zero-order valence-electron chi connectivity index (χ0n) is 11.4. The van der Waals surface area contributed by atoms with Crippen LogP contribution in [0.4, 0.5) is 0 Å². The molecule has 0 saturated heterocycles. The molecule has 4 nitrogen and oxygen atoms in total. The highest BCUT2D eigenvalue weighted by molar-refractivity contribution is 5.95. The van der Waals surface area contributed by atoms with Gasteiger partial charge in [0.25, 0.3) is 5.91 Å². The number of rotatable bonds is 5. The molecule has 1 aromatic carbocycles. The van der Waals surface area contributed by atoms with Crippen molar-refractivity contribution in [1.29, 1.82) is 0 Å². The minimum atomic E-state index is -0.208. The molecule has 18 heavy (non-hydrogen) atoms. The van der Waals surface area contributed by atoms with E-state index in [4.69, 9.17) is 4.74 Å². The van der Waals surface area contributed by atoms with E-state index in [-0.39, 0.29) is 5.91 Å². The number of hydrogen-bond donors (Lipinski definition) is 1. The molecule has 1 N–H and O–H groups in total. The number of carbonyl (C=O) groups is 1. The summed E-state index contributed by atoms with van der Waals surface area (Å²) in [4.78, 5) is 11.8. The van der Waals surface area contributed by atoms with Crippen LogP contribution in [-0.4, -0.2) is 18.7 Å². The Morgan fingerprint density at radius 2 is 2.00 bits per heavy atom. The Bertz CT molecular complexity index is 424. The summed E-state index contributed by atoms with van der Waals surface area (Å²) in [7, 11) is 1.59. The zero-order valence-corrected chi connectivity index (χ0v) is 11.4. The van der Waals surface area contributed by atoms with Gasteiger partial charge in [0.1, 0.15) is 5.75 Å². The van der Waals surface area contributed by atoms with Crippen LogP contribution >= 0.6 is 0 Å². The van der Waals surface area contributed by atoms with Crippen molar-refractivity contribution >= 4 is 11.6 Å². The summed E-state index contributed by atoms with van der Waals surface area (Å²) in [6.45, 7) is 6.09. The molecule has 0 aliphatic heterocycles. The minimum absolute atomic E-state index is 0.208. The quantitative estimate of drug-likeness (QED) is 0.643. The van der Waals surface area contributed by atoms with Crippen molar-refractivity contribution in [2.45, 2.75) is 27.2 Å². The van der Waals surface area contributed by atoms with Gasteiger partial charge in [-0.05, 0) is 43.5 Å². The maximum Gasteiger partial charge on any atom is 0.271 e. The number of amides is 1. The molecule has 0 fully saturated rings. The average Bonchev–Trinajstić information content (AvgIpc) is 2.43. The number of hydrogen-bond acceptors (Lipinski definition) is 3. The lowest BCUT2D eigenvalue weighted by Crippen LogP contribution is -2.20. The highest BCUT2D eigenvalue weighted by atomic mass is 16.5. The second kappa shape index (κ2) is 6.79. The van der Waals surface area contributed by atoms with Crippen LogP contribution in [0.5, 0.6) is 5.75 Å². The summed E-state index contributed by atoms with van der Waals surface area (Å²) >= 11 is 0. The molecule has 1 rings (SSSR count). The predicted octanol–water partition coefficient (Wildman–Crippen LogP) is 2.85. The van der Waals surface area contributed by atoms with E-state index in [9.17, 15) is 4.79 Å². The summed E-state index contributed by atoms with van der Waals surface area (Å²) in [5.41, 5.74) is 4.06. The van der Waals surface area contributed by atoms with Crippen LogP contribution in [0, 0.1) is 5.92 Å². The number of benzene rings is 1. The summed E-state index contributed by atoms with van der Waals surface area (Å²) in [6, 6.07) is 6.92. The molecule has 98 valence electrons. The molecule has 1 aromatic rings. The molecule has 0 unspecified atom stereocenters. The normalized spacial score (nSPS) is 13.0. The summed E-state index contributed by atoms with van der Waals surface area (Å²) in [5.74, 6) is 0.896. The third-order valence-electron chi connectivity index (χ3n) is 3.01. The SMILES string of the molecule is CC[C@@H](C)/C(C)=N\NC(=O)c1ccc(OC)cc1. The maximum absolute atomic E-state index is 11.8. The number of nitrogens with zero attached hydrogens (tertiary/aromatic N) is 1. The Morgan fingerprint density at radius 1 is 1.39 bits per heavy atom. The van der Waals surface area contributed by atoms with Crippen molar-refractivity contribution in [3.8, 4) is 5.75 Å².